The van der Waals surface area contributed by atoms with Gasteiger partial charge >= 0.3 is 0 Å². The first-order valence-corrected chi connectivity index (χ1v) is 6.74. The number of hydrogen-bond acceptors (Lipinski definition) is 6. The van der Waals surface area contributed by atoms with Crippen LogP contribution in [0.15, 0.2) is 40.6 Å². The van der Waals surface area contributed by atoms with Crippen molar-refractivity contribution in [2.45, 2.75) is 17.8 Å². The van der Waals surface area contributed by atoms with Gasteiger partial charge in [0.2, 0.25) is 5.82 Å². The number of aliphatic hydroxyl groups is 2. The molecule has 0 aliphatic heterocycles. The van der Waals surface area contributed by atoms with Crippen molar-refractivity contribution in [2.24, 2.45) is 0 Å². The van der Waals surface area contributed by atoms with Gasteiger partial charge in [-0.2, -0.15) is 0 Å². The van der Waals surface area contributed by atoms with Crippen LogP contribution in [0.4, 0.5) is 0 Å². The van der Waals surface area contributed by atoms with E-state index in [0.717, 1.165) is 0 Å². The molecule has 0 amide bonds. The van der Waals surface area contributed by atoms with E-state index in [-0.39, 0.29) is 6.61 Å². The van der Waals surface area contributed by atoms with Crippen LogP contribution in [0.25, 0.3) is 11.6 Å². The standard InChI is InChI=1S/C12H15N3O3S/c1-2-5-15-11(10-4-3-6-18-10)13-14-12(15)19-8-9(17)7-16/h2-4,6,9,16-17H,1,5,7-8H2. The summed E-state index contributed by atoms with van der Waals surface area (Å²) in [6.07, 6.45) is 2.54. The monoisotopic (exact) mass is 281 g/mol. The highest BCUT2D eigenvalue weighted by Crippen LogP contribution is 2.24. The lowest BCUT2D eigenvalue weighted by molar-refractivity contribution is 0.113. The Hall–Kier alpha value is -1.57. The second-order valence-corrected chi connectivity index (χ2v) is 4.82. The first-order chi connectivity index (χ1) is 9.26. The van der Waals surface area contributed by atoms with E-state index in [1.807, 2.05) is 4.57 Å². The van der Waals surface area contributed by atoms with Crippen molar-refractivity contribution in [3.63, 3.8) is 0 Å². The van der Waals surface area contributed by atoms with E-state index in [0.29, 0.717) is 29.0 Å². The Bertz CT molecular complexity index is 524. The first-order valence-electron chi connectivity index (χ1n) is 5.76. The number of thioether (sulfide) groups is 1. The summed E-state index contributed by atoms with van der Waals surface area (Å²) in [5.41, 5.74) is 0. The van der Waals surface area contributed by atoms with Gasteiger partial charge in [-0.15, -0.1) is 16.8 Å². The van der Waals surface area contributed by atoms with Crippen LogP contribution in [-0.4, -0.2) is 43.4 Å². The summed E-state index contributed by atoms with van der Waals surface area (Å²) in [6.45, 7) is 3.98. The predicted octanol–water partition coefficient (Wildman–Crippen LogP) is 1.17. The molecule has 0 saturated heterocycles. The second-order valence-electron chi connectivity index (χ2n) is 3.83. The van der Waals surface area contributed by atoms with E-state index in [4.69, 9.17) is 9.52 Å². The highest BCUT2D eigenvalue weighted by Gasteiger charge is 2.16. The van der Waals surface area contributed by atoms with Gasteiger partial charge in [0, 0.05) is 12.3 Å². The third kappa shape index (κ3) is 3.25. The van der Waals surface area contributed by atoms with Gasteiger partial charge in [-0.3, -0.25) is 4.57 Å². The van der Waals surface area contributed by atoms with Crippen LogP contribution in [0.5, 0.6) is 0 Å². The highest BCUT2D eigenvalue weighted by molar-refractivity contribution is 7.99. The molecule has 102 valence electrons. The Labute approximate surface area is 114 Å². The molecule has 1 atom stereocenters. The predicted molar refractivity (Wildman–Crippen MR) is 71.7 cm³/mol. The van der Waals surface area contributed by atoms with Crippen LogP contribution in [0.1, 0.15) is 0 Å². The molecule has 0 aliphatic rings. The molecule has 7 heteroatoms. The molecule has 0 saturated carbocycles. The van der Waals surface area contributed by atoms with Crippen molar-refractivity contribution in [2.75, 3.05) is 12.4 Å². The minimum atomic E-state index is -0.772. The number of rotatable bonds is 7. The van der Waals surface area contributed by atoms with E-state index in [2.05, 4.69) is 16.8 Å². The summed E-state index contributed by atoms with van der Waals surface area (Å²) >= 11 is 1.33. The fourth-order valence-electron chi connectivity index (χ4n) is 1.50. The SMILES string of the molecule is C=CCn1c(SCC(O)CO)nnc1-c1ccco1. The van der Waals surface area contributed by atoms with Crippen molar-refractivity contribution in [1.29, 1.82) is 0 Å². The first kappa shape index (κ1) is 13.9. The number of hydrogen-bond donors (Lipinski definition) is 2. The fourth-order valence-corrected chi connectivity index (χ4v) is 2.36. The van der Waals surface area contributed by atoms with E-state index in [1.54, 1.807) is 24.5 Å². The summed E-state index contributed by atoms with van der Waals surface area (Å²) in [5.74, 6) is 1.60. The molecular formula is C12H15N3O3S. The largest absolute Gasteiger partial charge is 0.461 e. The van der Waals surface area contributed by atoms with E-state index < -0.39 is 6.10 Å². The third-order valence-electron chi connectivity index (χ3n) is 2.39. The minimum Gasteiger partial charge on any atom is -0.461 e. The van der Waals surface area contributed by atoms with Crippen LogP contribution in [0.3, 0.4) is 0 Å². The Morgan fingerprint density at radius 1 is 1.53 bits per heavy atom. The molecule has 0 aromatic carbocycles. The summed E-state index contributed by atoms with van der Waals surface area (Å²) in [5, 5.41) is 27.0. The molecule has 0 radical (unpaired) electrons. The number of nitrogens with zero attached hydrogens (tertiary/aromatic N) is 3. The quantitative estimate of drug-likeness (QED) is 0.585. The molecule has 2 aromatic heterocycles. The number of allylic oxidation sites excluding steroid dienone is 1. The topological polar surface area (TPSA) is 84.3 Å². The lowest BCUT2D eigenvalue weighted by Gasteiger charge is -2.08. The molecule has 0 spiro atoms. The van der Waals surface area contributed by atoms with Gasteiger partial charge < -0.3 is 14.6 Å². The zero-order valence-corrected chi connectivity index (χ0v) is 11.1. The zero-order valence-electron chi connectivity index (χ0n) is 10.3. The van der Waals surface area contributed by atoms with Gasteiger partial charge in [0.25, 0.3) is 0 Å². The fraction of sp³-hybridized carbons (Fsp3) is 0.333. The van der Waals surface area contributed by atoms with E-state index in [9.17, 15) is 5.11 Å². The van der Waals surface area contributed by atoms with Crippen molar-refractivity contribution >= 4 is 11.8 Å². The zero-order chi connectivity index (χ0) is 13.7. The lowest BCUT2D eigenvalue weighted by Crippen LogP contribution is -2.15. The minimum absolute atomic E-state index is 0.270. The molecule has 0 bridgehead atoms. The van der Waals surface area contributed by atoms with Crippen LogP contribution in [0, 0.1) is 0 Å². The van der Waals surface area contributed by atoms with Crippen LogP contribution in [-0.2, 0) is 6.54 Å². The van der Waals surface area contributed by atoms with Crippen LogP contribution >= 0.6 is 11.8 Å². The smallest absolute Gasteiger partial charge is 0.200 e. The van der Waals surface area contributed by atoms with Crippen LogP contribution in [0.2, 0.25) is 0 Å². The van der Waals surface area contributed by atoms with E-state index in [1.165, 1.54) is 11.8 Å². The number of furan rings is 1. The lowest BCUT2D eigenvalue weighted by atomic mass is 10.4. The van der Waals surface area contributed by atoms with Gasteiger partial charge in [-0.1, -0.05) is 17.8 Å². The van der Waals surface area contributed by atoms with Crippen molar-refractivity contribution < 1.29 is 14.6 Å². The number of aromatic nitrogens is 3. The molecule has 2 heterocycles. The third-order valence-corrected chi connectivity index (χ3v) is 3.50. The average molecular weight is 281 g/mol. The average Bonchev–Trinajstić information content (AvgIpc) is 3.05. The van der Waals surface area contributed by atoms with Crippen molar-refractivity contribution in [1.82, 2.24) is 14.8 Å². The van der Waals surface area contributed by atoms with Crippen molar-refractivity contribution in [3.8, 4) is 11.6 Å². The Balaban J connectivity index is 2.22. The maximum Gasteiger partial charge on any atom is 0.200 e. The molecule has 0 fully saturated rings. The molecule has 2 N–H and O–H groups in total. The number of aliphatic hydroxyl groups excluding tert-OH is 2. The summed E-state index contributed by atoms with van der Waals surface area (Å²) in [7, 11) is 0. The maximum atomic E-state index is 9.36. The molecule has 0 aliphatic carbocycles. The Morgan fingerprint density at radius 3 is 3.00 bits per heavy atom. The molecule has 2 aromatic rings. The van der Waals surface area contributed by atoms with Gasteiger partial charge in [0.05, 0.1) is 19.0 Å². The molecule has 1 unspecified atom stereocenters. The van der Waals surface area contributed by atoms with E-state index >= 15 is 0 Å². The normalized spacial score (nSPS) is 12.5. The Morgan fingerprint density at radius 2 is 2.37 bits per heavy atom. The molecule has 19 heavy (non-hydrogen) atoms. The van der Waals surface area contributed by atoms with Gasteiger partial charge in [0.1, 0.15) is 0 Å². The molecular weight excluding hydrogens is 266 g/mol. The highest BCUT2D eigenvalue weighted by atomic mass is 32.2. The molecule has 2 rings (SSSR count). The summed E-state index contributed by atoms with van der Waals surface area (Å²) in [4.78, 5) is 0. The maximum absolute atomic E-state index is 9.36. The van der Waals surface area contributed by atoms with Gasteiger partial charge in [0.15, 0.2) is 10.9 Å². The molecule has 6 nitrogen and oxygen atoms in total. The van der Waals surface area contributed by atoms with Gasteiger partial charge in [-0.25, -0.2) is 0 Å². The van der Waals surface area contributed by atoms with Crippen molar-refractivity contribution in [3.05, 3.63) is 31.1 Å². The summed E-state index contributed by atoms with van der Waals surface area (Å²) in [6, 6.07) is 3.59. The van der Waals surface area contributed by atoms with Crippen LogP contribution < -0.4 is 0 Å². The van der Waals surface area contributed by atoms with Gasteiger partial charge in [-0.05, 0) is 12.1 Å². The Kier molecular flexibility index (Phi) is 4.78. The summed E-state index contributed by atoms with van der Waals surface area (Å²) < 4.78 is 7.16. The second kappa shape index (κ2) is 6.55.